The number of anilines is 1. The summed E-state index contributed by atoms with van der Waals surface area (Å²) in [7, 11) is 0. The second-order valence-electron chi connectivity index (χ2n) is 8.53. The molecule has 8 heteroatoms. The van der Waals surface area contributed by atoms with Gasteiger partial charge in [-0.25, -0.2) is 4.98 Å². The number of nitrogens with zero attached hydrogens (tertiary/aromatic N) is 4. The second kappa shape index (κ2) is 7.25. The summed E-state index contributed by atoms with van der Waals surface area (Å²) in [5.74, 6) is 0.504. The number of rotatable bonds is 4. The van der Waals surface area contributed by atoms with Crippen molar-refractivity contribution in [1.29, 1.82) is 0 Å². The van der Waals surface area contributed by atoms with Crippen molar-refractivity contribution in [3.05, 3.63) is 59.7 Å². The highest BCUT2D eigenvalue weighted by atomic mass is 32.1. The van der Waals surface area contributed by atoms with Gasteiger partial charge in [-0.1, -0.05) is 12.1 Å². The average Bonchev–Trinajstić information content (AvgIpc) is 3.51. The number of fused-ring (bicyclic) bond motifs is 1. The standard InChI is InChI=1S/C23H22N6OS/c30-21(20-6-5-19(31-20)15-7-9-25-26-13-15)28-22-27-17-3-1-2-4-18(17)29(22)16-11-23(12-16)8-10-24-14-23/h1-7,9,13,16,24H,8,10-12,14H2,(H,27,28,30). The largest absolute Gasteiger partial charge is 0.316 e. The Morgan fingerprint density at radius 3 is 2.87 bits per heavy atom. The van der Waals surface area contributed by atoms with Gasteiger partial charge in [-0.2, -0.15) is 10.2 Å². The van der Waals surface area contributed by atoms with Crippen LogP contribution in [0.4, 0.5) is 5.95 Å². The van der Waals surface area contributed by atoms with Crippen LogP contribution in [0.15, 0.2) is 54.9 Å². The quantitative estimate of drug-likeness (QED) is 0.509. The zero-order chi connectivity index (χ0) is 20.8. The average molecular weight is 431 g/mol. The first kappa shape index (κ1) is 18.7. The van der Waals surface area contributed by atoms with Gasteiger partial charge in [-0.15, -0.1) is 11.3 Å². The summed E-state index contributed by atoms with van der Waals surface area (Å²) in [5.41, 5.74) is 3.37. The molecule has 2 aliphatic rings. The Kier molecular flexibility index (Phi) is 4.36. The molecule has 4 aromatic rings. The van der Waals surface area contributed by atoms with E-state index in [1.54, 1.807) is 12.4 Å². The molecule has 1 saturated heterocycles. The van der Waals surface area contributed by atoms with Gasteiger partial charge in [0.05, 0.1) is 28.3 Å². The second-order valence-corrected chi connectivity index (χ2v) is 9.62. The first-order valence-electron chi connectivity index (χ1n) is 10.6. The Bertz CT molecular complexity index is 1250. The van der Waals surface area contributed by atoms with Crippen molar-refractivity contribution in [3.63, 3.8) is 0 Å². The fraction of sp³-hybridized carbons (Fsp3) is 0.304. The Balaban J connectivity index is 1.29. The number of carbonyl (C=O) groups excluding carboxylic acids is 1. The number of thiophene rings is 1. The molecule has 4 heterocycles. The van der Waals surface area contributed by atoms with Gasteiger partial charge in [0.15, 0.2) is 0 Å². The number of carbonyl (C=O) groups is 1. The van der Waals surface area contributed by atoms with Crippen LogP contribution in [-0.2, 0) is 0 Å². The minimum atomic E-state index is -0.133. The van der Waals surface area contributed by atoms with E-state index in [1.165, 1.54) is 17.8 Å². The van der Waals surface area contributed by atoms with Crippen LogP contribution in [0.25, 0.3) is 21.5 Å². The topological polar surface area (TPSA) is 84.7 Å². The van der Waals surface area contributed by atoms with Gasteiger partial charge in [-0.05, 0) is 61.6 Å². The molecular weight excluding hydrogens is 408 g/mol. The summed E-state index contributed by atoms with van der Waals surface area (Å²) in [6, 6.07) is 14.2. The fourth-order valence-corrected chi connectivity index (χ4v) is 5.87. The third kappa shape index (κ3) is 3.23. The van der Waals surface area contributed by atoms with Crippen LogP contribution in [-0.4, -0.2) is 38.7 Å². The number of para-hydroxylation sites is 2. The highest BCUT2D eigenvalue weighted by molar-refractivity contribution is 7.17. The van der Waals surface area contributed by atoms with Gasteiger partial charge in [0.1, 0.15) is 0 Å². The summed E-state index contributed by atoms with van der Waals surface area (Å²) in [5, 5.41) is 14.3. The summed E-state index contributed by atoms with van der Waals surface area (Å²) in [6.45, 7) is 2.20. The van der Waals surface area contributed by atoms with Gasteiger partial charge in [0.2, 0.25) is 5.95 Å². The lowest BCUT2D eigenvalue weighted by Gasteiger charge is -2.46. The molecular formula is C23H22N6OS. The van der Waals surface area contributed by atoms with Crippen LogP contribution in [0, 0.1) is 5.41 Å². The van der Waals surface area contributed by atoms with Gasteiger partial charge >= 0.3 is 0 Å². The van der Waals surface area contributed by atoms with Gasteiger partial charge < -0.3 is 9.88 Å². The number of aromatic nitrogens is 4. The van der Waals surface area contributed by atoms with Crippen molar-refractivity contribution in [3.8, 4) is 10.4 Å². The van der Waals surface area contributed by atoms with Crippen LogP contribution in [0.3, 0.4) is 0 Å². The van der Waals surface area contributed by atoms with Crippen molar-refractivity contribution in [2.75, 3.05) is 18.4 Å². The number of nitrogens with one attached hydrogen (secondary N) is 2. The number of amides is 1. The lowest BCUT2D eigenvalue weighted by Crippen LogP contribution is -2.40. The lowest BCUT2D eigenvalue weighted by molar-refractivity contribution is 0.0874. The zero-order valence-electron chi connectivity index (χ0n) is 16.9. The maximum absolute atomic E-state index is 13.1. The molecule has 1 aromatic carbocycles. The number of benzene rings is 1. The smallest absolute Gasteiger partial charge is 0.268 e. The van der Waals surface area contributed by atoms with E-state index in [1.807, 2.05) is 36.4 Å². The summed E-state index contributed by atoms with van der Waals surface area (Å²) < 4.78 is 2.23. The maximum atomic E-state index is 13.1. The van der Waals surface area contributed by atoms with E-state index in [4.69, 9.17) is 4.98 Å². The molecule has 3 aromatic heterocycles. The van der Waals surface area contributed by atoms with Crippen LogP contribution < -0.4 is 10.6 Å². The SMILES string of the molecule is O=C(Nc1nc2ccccc2n1C1CC2(CCNC2)C1)c1ccc(-c2ccnnc2)s1. The van der Waals surface area contributed by atoms with E-state index in [2.05, 4.69) is 31.5 Å². The number of hydrogen-bond acceptors (Lipinski definition) is 6. The van der Waals surface area contributed by atoms with Crippen molar-refractivity contribution in [2.24, 2.45) is 5.41 Å². The van der Waals surface area contributed by atoms with E-state index in [0.717, 1.165) is 47.4 Å². The Morgan fingerprint density at radius 2 is 2.06 bits per heavy atom. The molecule has 156 valence electrons. The lowest BCUT2D eigenvalue weighted by atomic mass is 9.65. The predicted molar refractivity (Wildman–Crippen MR) is 121 cm³/mol. The molecule has 1 aliphatic carbocycles. The third-order valence-electron chi connectivity index (χ3n) is 6.55. The molecule has 31 heavy (non-hydrogen) atoms. The van der Waals surface area contributed by atoms with Crippen molar-refractivity contribution in [2.45, 2.75) is 25.3 Å². The Hall–Kier alpha value is -3.10. The molecule has 2 N–H and O–H groups in total. The maximum Gasteiger partial charge on any atom is 0.268 e. The van der Waals surface area contributed by atoms with Gasteiger partial charge in [0, 0.05) is 23.0 Å². The number of hydrogen-bond donors (Lipinski definition) is 2. The first-order chi connectivity index (χ1) is 15.2. The van der Waals surface area contributed by atoms with E-state index < -0.39 is 0 Å². The van der Waals surface area contributed by atoms with E-state index in [9.17, 15) is 4.79 Å². The normalized spacial score (nSPS) is 22.6. The minimum absolute atomic E-state index is 0.133. The van der Waals surface area contributed by atoms with Crippen LogP contribution >= 0.6 is 11.3 Å². The minimum Gasteiger partial charge on any atom is -0.316 e. The monoisotopic (exact) mass is 430 g/mol. The van der Waals surface area contributed by atoms with Crippen molar-refractivity contribution >= 4 is 34.2 Å². The fourth-order valence-electron chi connectivity index (χ4n) is 4.98. The molecule has 7 nitrogen and oxygen atoms in total. The van der Waals surface area contributed by atoms with Crippen molar-refractivity contribution < 1.29 is 4.79 Å². The highest BCUT2D eigenvalue weighted by Crippen LogP contribution is 2.53. The predicted octanol–water partition coefficient (Wildman–Crippen LogP) is 4.12. The van der Waals surface area contributed by atoms with Crippen molar-refractivity contribution in [1.82, 2.24) is 25.1 Å². The molecule has 1 saturated carbocycles. The van der Waals surface area contributed by atoms with Crippen LogP contribution in [0.1, 0.15) is 35.0 Å². The summed E-state index contributed by atoms with van der Waals surface area (Å²) >= 11 is 1.44. The van der Waals surface area contributed by atoms with Gasteiger partial charge in [0.25, 0.3) is 5.91 Å². The third-order valence-corrected chi connectivity index (χ3v) is 7.69. The molecule has 0 atom stereocenters. The molecule has 6 rings (SSSR count). The molecule has 0 bridgehead atoms. The number of imidazole rings is 1. The summed E-state index contributed by atoms with van der Waals surface area (Å²) in [6.07, 6.45) is 6.85. The summed E-state index contributed by atoms with van der Waals surface area (Å²) in [4.78, 5) is 19.5. The molecule has 0 unspecified atom stereocenters. The molecule has 0 radical (unpaired) electrons. The van der Waals surface area contributed by atoms with E-state index >= 15 is 0 Å². The Labute approximate surface area is 183 Å². The van der Waals surface area contributed by atoms with Crippen LogP contribution in [0.5, 0.6) is 0 Å². The van der Waals surface area contributed by atoms with Crippen LogP contribution in [0.2, 0.25) is 0 Å². The molecule has 1 aliphatic heterocycles. The highest BCUT2D eigenvalue weighted by Gasteiger charge is 2.47. The molecule has 1 spiro atoms. The van der Waals surface area contributed by atoms with E-state index in [-0.39, 0.29) is 5.91 Å². The molecule has 1 amide bonds. The zero-order valence-corrected chi connectivity index (χ0v) is 17.7. The van der Waals surface area contributed by atoms with Gasteiger partial charge in [-0.3, -0.25) is 10.1 Å². The van der Waals surface area contributed by atoms with E-state index in [0.29, 0.717) is 22.3 Å². The molecule has 2 fully saturated rings. The first-order valence-corrected chi connectivity index (χ1v) is 11.4. The Morgan fingerprint density at radius 1 is 1.16 bits per heavy atom.